The highest BCUT2D eigenvalue weighted by Gasteiger charge is 2.20. The summed E-state index contributed by atoms with van der Waals surface area (Å²) in [6, 6.07) is 0. The minimum absolute atomic E-state index is 0.926. The number of hydrogen-bond acceptors (Lipinski definition) is 0. The van der Waals surface area contributed by atoms with Crippen LogP contribution in [-0.4, -0.2) is 31.2 Å². The fourth-order valence-corrected chi connectivity index (χ4v) is 1.65. The number of hydrogen-bond donors (Lipinski definition) is 0. The van der Waals surface area contributed by atoms with Crippen molar-refractivity contribution in [2.75, 3.05) is 26.7 Å². The molecule has 0 aromatic carbocycles. The van der Waals surface area contributed by atoms with Gasteiger partial charge in [0.2, 0.25) is 0 Å². The molecule has 1 nitrogen and oxygen atoms in total. The van der Waals surface area contributed by atoms with Crippen LogP contribution >= 0.6 is 0 Å². The summed E-state index contributed by atoms with van der Waals surface area (Å²) in [5.41, 5.74) is 0. The van der Waals surface area contributed by atoms with Gasteiger partial charge in [-0.2, -0.15) is 0 Å². The maximum Gasteiger partial charge on any atom is 0.0812 e. The molecule has 0 saturated heterocycles. The smallest absolute Gasteiger partial charge is 0.0812 e. The molecule has 12 heavy (non-hydrogen) atoms. The summed E-state index contributed by atoms with van der Waals surface area (Å²) in [4.78, 5) is 0. The highest BCUT2D eigenvalue weighted by molar-refractivity contribution is 4.53. The van der Waals surface area contributed by atoms with E-state index < -0.39 is 0 Å². The minimum atomic E-state index is 0.926. The molecule has 0 atom stereocenters. The van der Waals surface area contributed by atoms with Crippen LogP contribution in [0, 0.1) is 5.92 Å². The van der Waals surface area contributed by atoms with Crippen molar-refractivity contribution < 1.29 is 4.48 Å². The summed E-state index contributed by atoms with van der Waals surface area (Å²) in [5, 5.41) is 0. The van der Waals surface area contributed by atoms with Crippen LogP contribution in [0.2, 0.25) is 0 Å². The first-order chi connectivity index (χ1) is 5.61. The van der Waals surface area contributed by atoms with Gasteiger partial charge in [-0.25, -0.2) is 0 Å². The van der Waals surface area contributed by atoms with E-state index in [9.17, 15) is 0 Å². The van der Waals surface area contributed by atoms with E-state index in [1.165, 1.54) is 37.0 Å². The Morgan fingerprint density at radius 3 is 1.58 bits per heavy atom. The van der Waals surface area contributed by atoms with Gasteiger partial charge in [0.05, 0.1) is 26.7 Å². The number of quaternary nitrogens is 1. The highest BCUT2D eigenvalue weighted by atomic mass is 15.3. The van der Waals surface area contributed by atoms with E-state index in [4.69, 9.17) is 0 Å². The third-order valence-electron chi connectivity index (χ3n) is 3.38. The minimum Gasteiger partial charge on any atom is -0.326 e. The zero-order valence-electron chi connectivity index (χ0n) is 9.56. The van der Waals surface area contributed by atoms with Crippen molar-refractivity contribution in [2.24, 2.45) is 5.92 Å². The van der Waals surface area contributed by atoms with Gasteiger partial charge in [-0.1, -0.05) is 13.8 Å². The predicted octanol–water partition coefficient (Wildman–Crippen LogP) is 2.91. The lowest BCUT2D eigenvalue weighted by Crippen LogP contribution is -2.46. The van der Waals surface area contributed by atoms with E-state index in [0.717, 1.165) is 5.92 Å². The molecule has 0 aromatic rings. The van der Waals surface area contributed by atoms with Crippen LogP contribution in [0.3, 0.4) is 0 Å². The van der Waals surface area contributed by atoms with Gasteiger partial charge < -0.3 is 4.48 Å². The monoisotopic (exact) mass is 172 g/mol. The van der Waals surface area contributed by atoms with Crippen molar-refractivity contribution in [1.29, 1.82) is 0 Å². The Labute approximate surface area is 78.4 Å². The second kappa shape index (κ2) is 5.58. The predicted molar refractivity (Wildman–Crippen MR) is 56.2 cm³/mol. The number of rotatable bonds is 6. The molecule has 0 fully saturated rings. The van der Waals surface area contributed by atoms with E-state index >= 15 is 0 Å². The Hall–Kier alpha value is -0.0400. The van der Waals surface area contributed by atoms with Gasteiger partial charge in [-0.15, -0.1) is 0 Å². The largest absolute Gasteiger partial charge is 0.326 e. The molecule has 0 N–H and O–H groups in total. The van der Waals surface area contributed by atoms with Gasteiger partial charge in [0, 0.05) is 5.92 Å². The van der Waals surface area contributed by atoms with Crippen LogP contribution in [0.5, 0.6) is 0 Å². The highest BCUT2D eigenvalue weighted by Crippen LogP contribution is 2.14. The van der Waals surface area contributed by atoms with Gasteiger partial charge in [-0.3, -0.25) is 0 Å². The summed E-state index contributed by atoms with van der Waals surface area (Å²) in [7, 11) is 2.37. The Bertz CT molecular complexity index is 102. The summed E-state index contributed by atoms with van der Waals surface area (Å²) in [6.45, 7) is 13.1. The lowest BCUT2D eigenvalue weighted by Gasteiger charge is -2.35. The van der Waals surface area contributed by atoms with Crippen LogP contribution in [-0.2, 0) is 0 Å². The van der Waals surface area contributed by atoms with Gasteiger partial charge in [0.25, 0.3) is 0 Å². The fourth-order valence-electron chi connectivity index (χ4n) is 1.65. The molecule has 0 aliphatic rings. The zero-order valence-corrected chi connectivity index (χ0v) is 9.56. The van der Waals surface area contributed by atoms with Gasteiger partial charge in [-0.05, 0) is 26.7 Å². The molecule has 0 aliphatic heterocycles. The average Bonchev–Trinajstić information content (AvgIpc) is 2.14. The fraction of sp³-hybridized carbons (Fsp3) is 1.00. The SMILES string of the molecule is CCC(CC)C[N+](C)(CC)CC. The quantitative estimate of drug-likeness (QED) is 0.540. The second-order valence-electron chi connectivity index (χ2n) is 4.12. The normalized spacial score (nSPS) is 12.5. The lowest BCUT2D eigenvalue weighted by molar-refractivity contribution is -0.909. The third kappa shape index (κ3) is 3.57. The molecule has 0 saturated carbocycles. The summed E-state index contributed by atoms with van der Waals surface area (Å²) >= 11 is 0. The number of nitrogens with zero attached hydrogens (tertiary/aromatic N) is 1. The zero-order chi connectivity index (χ0) is 9.61. The van der Waals surface area contributed by atoms with Gasteiger partial charge >= 0.3 is 0 Å². The van der Waals surface area contributed by atoms with Crippen molar-refractivity contribution >= 4 is 0 Å². The van der Waals surface area contributed by atoms with Crippen LogP contribution in [0.4, 0.5) is 0 Å². The van der Waals surface area contributed by atoms with Crippen LogP contribution < -0.4 is 0 Å². The molecular formula is C11H26N+. The second-order valence-corrected chi connectivity index (χ2v) is 4.12. The van der Waals surface area contributed by atoms with Crippen molar-refractivity contribution in [2.45, 2.75) is 40.5 Å². The first-order valence-corrected chi connectivity index (χ1v) is 5.45. The molecule has 0 amide bonds. The van der Waals surface area contributed by atoms with E-state index in [1.54, 1.807) is 0 Å². The molecule has 0 aliphatic carbocycles. The summed E-state index contributed by atoms with van der Waals surface area (Å²) < 4.78 is 1.24. The first kappa shape index (κ1) is 12.0. The van der Waals surface area contributed by atoms with Crippen LogP contribution in [0.1, 0.15) is 40.5 Å². The Morgan fingerprint density at radius 2 is 1.33 bits per heavy atom. The van der Waals surface area contributed by atoms with E-state index in [1.807, 2.05) is 0 Å². The molecule has 0 bridgehead atoms. The van der Waals surface area contributed by atoms with Gasteiger partial charge in [0.15, 0.2) is 0 Å². The summed E-state index contributed by atoms with van der Waals surface area (Å²) in [5.74, 6) is 0.926. The van der Waals surface area contributed by atoms with Crippen molar-refractivity contribution in [3.05, 3.63) is 0 Å². The molecule has 0 radical (unpaired) electrons. The molecule has 0 heterocycles. The Morgan fingerprint density at radius 1 is 0.917 bits per heavy atom. The topological polar surface area (TPSA) is 0 Å². The molecular weight excluding hydrogens is 146 g/mol. The molecule has 0 rings (SSSR count). The first-order valence-electron chi connectivity index (χ1n) is 5.45. The van der Waals surface area contributed by atoms with Crippen molar-refractivity contribution in [1.82, 2.24) is 0 Å². The average molecular weight is 172 g/mol. The van der Waals surface area contributed by atoms with Crippen LogP contribution in [0.25, 0.3) is 0 Å². The standard InChI is InChI=1S/C11H26N/c1-6-11(7-2)10-12(5,8-3)9-4/h11H,6-10H2,1-5H3/q+1. The third-order valence-corrected chi connectivity index (χ3v) is 3.38. The molecule has 0 spiro atoms. The molecule has 0 aromatic heterocycles. The molecule has 74 valence electrons. The van der Waals surface area contributed by atoms with E-state index in [-0.39, 0.29) is 0 Å². The maximum atomic E-state index is 2.37. The van der Waals surface area contributed by atoms with Crippen LogP contribution in [0.15, 0.2) is 0 Å². The Balaban J connectivity index is 3.99. The Kier molecular flexibility index (Phi) is 5.56. The van der Waals surface area contributed by atoms with Crippen molar-refractivity contribution in [3.8, 4) is 0 Å². The van der Waals surface area contributed by atoms with E-state index in [0.29, 0.717) is 0 Å². The molecule has 1 heteroatoms. The summed E-state index contributed by atoms with van der Waals surface area (Å²) in [6.07, 6.45) is 2.68. The lowest BCUT2D eigenvalue weighted by atomic mass is 10.0. The van der Waals surface area contributed by atoms with Crippen molar-refractivity contribution in [3.63, 3.8) is 0 Å². The van der Waals surface area contributed by atoms with E-state index in [2.05, 4.69) is 34.7 Å². The molecule has 0 unspecified atom stereocenters. The van der Waals surface area contributed by atoms with Gasteiger partial charge in [0.1, 0.15) is 0 Å². The maximum absolute atomic E-state index is 2.37.